The van der Waals surface area contributed by atoms with E-state index < -0.39 is 0 Å². The van der Waals surface area contributed by atoms with E-state index in [0.717, 1.165) is 127 Å². The van der Waals surface area contributed by atoms with Gasteiger partial charge in [-0.3, -0.25) is 0 Å². The molecule has 24 rings (SSSR count). The molecule has 0 spiro atoms. The van der Waals surface area contributed by atoms with Gasteiger partial charge in [-0.05, 0) is 322 Å². The van der Waals surface area contributed by atoms with Crippen LogP contribution in [0, 0.1) is 85.9 Å². The lowest BCUT2D eigenvalue weighted by Gasteiger charge is -2.35. The van der Waals surface area contributed by atoms with E-state index in [9.17, 15) is 31.6 Å². The third kappa shape index (κ3) is 17.1. The number of anilines is 9. The maximum absolute atomic E-state index is 9.93. The van der Waals surface area contributed by atoms with E-state index in [0.29, 0.717) is 36.2 Å². The van der Waals surface area contributed by atoms with Crippen molar-refractivity contribution in [1.82, 2.24) is 0 Å². The molecule has 2 saturated carbocycles. The van der Waals surface area contributed by atoms with Gasteiger partial charge in [0.15, 0.2) is 0 Å². The van der Waals surface area contributed by atoms with Crippen molar-refractivity contribution in [3.8, 4) is 143 Å². The van der Waals surface area contributed by atoms with E-state index in [1.807, 2.05) is 84.9 Å². The highest BCUT2D eigenvalue weighted by molar-refractivity contribution is 6.21. The number of ether oxygens (including phenoxy) is 2. The molecule has 17 aromatic rings. The molecule has 3 aliphatic heterocycles. The summed E-state index contributed by atoms with van der Waals surface area (Å²) in [5.41, 5.74) is 37.9. The Morgan fingerprint density at radius 3 is 1.17 bits per heavy atom. The number of hydrogen-bond donors (Lipinski definition) is 0. The molecular weight excluding hydrogens is 1820 g/mol. The SMILES string of the molecule is CC1(C)c2cc(C(C#N)=C(C#N)C#N)ccc2-c2ccc(-c3ccc4c5c(cccc35)-c3cc(C5CCCCC5)ccc3N4c3ccc(C4CCCCC4)cc3)cc21.CCCCOc1ccc(N2c3ccc(OCCCC)cc3-c3cccc4c(-c5ccc6c(c5)C(C)(C)c5cc(C(C#N)=C(C#N)C#N)ccc5-6)ccc2c34)cc1.[C-]#[N+]/C(C#N)=C\c1ccc(-c2ccc3c4c(cccc24)-c2ccccc2N3c2ccccc2)cc1. The molecule has 0 bridgehead atoms. The van der Waals surface area contributed by atoms with E-state index in [-0.39, 0.29) is 38.8 Å². The molecule has 0 atom stereocenters. The lowest BCUT2D eigenvalue weighted by Crippen LogP contribution is -2.16. The summed E-state index contributed by atoms with van der Waals surface area (Å²) in [4.78, 5) is 10.5. The van der Waals surface area contributed by atoms with Crippen LogP contribution in [0.3, 0.4) is 0 Å². The van der Waals surface area contributed by atoms with Gasteiger partial charge in [0.2, 0.25) is 0 Å². The zero-order chi connectivity index (χ0) is 102. The van der Waals surface area contributed by atoms with E-state index in [2.05, 4.69) is 346 Å². The van der Waals surface area contributed by atoms with E-state index in [4.69, 9.17) is 21.3 Å². The number of para-hydroxylation sites is 2. The summed E-state index contributed by atoms with van der Waals surface area (Å²) in [7, 11) is 0. The molecule has 13 heteroatoms. The van der Waals surface area contributed by atoms with Gasteiger partial charge in [0.25, 0.3) is 5.70 Å². The highest BCUT2D eigenvalue weighted by Gasteiger charge is 2.41. The van der Waals surface area contributed by atoms with Gasteiger partial charge in [-0.25, -0.2) is 10.1 Å². The second kappa shape index (κ2) is 40.3. The molecule has 2 fully saturated rings. The standard InChI is InChI=1S/C54H46N4.C50H42N4O2.C32H19N3/c1-54(2)49-29-38(18-23-43(49)44-24-19-39(30-50(44)54)48(33-57)40(31-55)32-56)42-25-27-52-53-45(42)14-9-15-46(53)47-28-37(35-12-7-4-8-13-35)20-26-51(47)58(52)41-21-16-36(17-22-41)34-10-5-3-6-11-34;1-5-7-24-55-36-16-14-35(15-17-36)54-47-22-18-37(56-25-8-6-2)28-43(47)42-11-9-10-41-38(21-23-48(54)49(41)42)32-12-19-39-40-20-13-33(44(31-53)34(29-51)30-52)27-46(40)50(3,4)45(39)26-32;1-34-24(21-33)20-22-14-16-23(17-15-22)26-18-19-31-32-28(26)11-7-12-29(32)27-10-5-6-13-30(27)35(31)25-8-3-2-4-9-25/h9,14-30,34-35H,3-8,10-13H2,1-2H3;9-23,26-28H,5-8,24-25H2,1-4H3;2-20H/b;;24-20-. The molecule has 4 aliphatic carbocycles. The second-order valence-electron chi connectivity index (χ2n) is 40.9. The molecule has 7 aliphatic rings. The maximum atomic E-state index is 9.93. The summed E-state index contributed by atoms with van der Waals surface area (Å²) in [5.74, 6) is 3.02. The summed E-state index contributed by atoms with van der Waals surface area (Å²) in [5, 5.41) is 74.3. The largest absolute Gasteiger partial charge is 0.494 e. The van der Waals surface area contributed by atoms with Crippen molar-refractivity contribution in [2.24, 2.45) is 0 Å². The third-order valence-corrected chi connectivity index (χ3v) is 31.7. The Kier molecular flexibility index (Phi) is 25.9. The topological polar surface area (TPSA) is 199 Å². The first-order valence-electron chi connectivity index (χ1n) is 52.1. The molecule has 0 saturated heterocycles. The van der Waals surface area contributed by atoms with Crippen molar-refractivity contribution in [1.29, 1.82) is 36.8 Å². The highest BCUT2D eigenvalue weighted by Crippen LogP contribution is 2.61. The molecule has 13 nitrogen and oxygen atoms in total. The van der Waals surface area contributed by atoms with Crippen molar-refractivity contribution in [2.75, 3.05) is 27.9 Å². The van der Waals surface area contributed by atoms with Crippen LogP contribution in [-0.4, -0.2) is 13.2 Å². The van der Waals surface area contributed by atoms with Gasteiger partial charge in [0.05, 0.1) is 71.1 Å². The summed E-state index contributed by atoms with van der Waals surface area (Å²) < 4.78 is 12.3. The summed E-state index contributed by atoms with van der Waals surface area (Å²) >= 11 is 0. The quantitative estimate of drug-likeness (QED) is 0.0422. The van der Waals surface area contributed by atoms with Crippen LogP contribution in [-0.2, 0) is 10.8 Å². The summed E-state index contributed by atoms with van der Waals surface area (Å²) in [6.07, 6.45) is 18.9. The number of rotatable bonds is 19. The molecule has 0 N–H and O–H groups in total. The Balaban J connectivity index is 0.000000130. The van der Waals surface area contributed by atoms with Crippen LogP contribution in [0.5, 0.6) is 11.5 Å². The summed E-state index contributed by atoms with van der Waals surface area (Å²) in [6.45, 7) is 21.7. The number of nitriles is 7. The van der Waals surface area contributed by atoms with Crippen LogP contribution in [0.15, 0.2) is 344 Å². The van der Waals surface area contributed by atoms with Crippen LogP contribution < -0.4 is 24.2 Å². The van der Waals surface area contributed by atoms with Crippen LogP contribution in [0.25, 0.3) is 143 Å². The zero-order valence-corrected chi connectivity index (χ0v) is 84.5. The average molecular weight is 1930 g/mol. The minimum atomic E-state index is -0.390. The van der Waals surface area contributed by atoms with Gasteiger partial charge in [-0.2, -0.15) is 31.6 Å². The number of unbranched alkanes of at least 4 members (excludes halogenated alkanes) is 2. The minimum Gasteiger partial charge on any atom is -0.494 e. The van der Waals surface area contributed by atoms with Crippen molar-refractivity contribution in [3.05, 3.63) is 406 Å². The molecule has 0 aromatic heterocycles. The average Bonchev–Trinajstić information content (AvgIpc) is 1.72. The lowest BCUT2D eigenvalue weighted by atomic mass is 9.80. The number of hydrogen-bond acceptors (Lipinski definition) is 12. The summed E-state index contributed by atoms with van der Waals surface area (Å²) in [6, 6.07) is 131. The maximum Gasteiger partial charge on any atom is 0.262 e. The fourth-order valence-electron chi connectivity index (χ4n) is 24.1. The van der Waals surface area contributed by atoms with E-state index in [1.54, 1.807) is 6.08 Å². The molecule has 0 unspecified atom stereocenters. The van der Waals surface area contributed by atoms with Crippen molar-refractivity contribution < 1.29 is 9.47 Å². The monoisotopic (exact) mass is 1930 g/mol. The van der Waals surface area contributed by atoms with Gasteiger partial charge < -0.3 is 24.2 Å². The normalized spacial score (nSPS) is 14.1. The van der Waals surface area contributed by atoms with Crippen molar-refractivity contribution in [3.63, 3.8) is 0 Å². The van der Waals surface area contributed by atoms with Crippen molar-refractivity contribution >= 4 is 101 Å². The Hall–Kier alpha value is -18.3. The predicted molar refractivity (Wildman–Crippen MR) is 604 cm³/mol. The van der Waals surface area contributed by atoms with Gasteiger partial charge in [-0.1, -0.05) is 293 Å². The van der Waals surface area contributed by atoms with Gasteiger partial charge >= 0.3 is 0 Å². The Morgan fingerprint density at radius 1 is 0.322 bits per heavy atom. The predicted octanol–water partition coefficient (Wildman–Crippen LogP) is 36.4. The van der Waals surface area contributed by atoms with Crippen LogP contribution in [0.4, 0.5) is 51.2 Å². The van der Waals surface area contributed by atoms with Crippen LogP contribution in [0.2, 0.25) is 0 Å². The first-order chi connectivity index (χ1) is 73.0. The molecule has 17 aromatic carbocycles. The number of fused-ring (bicyclic) bond motifs is 12. The van der Waals surface area contributed by atoms with Gasteiger partial charge in [0.1, 0.15) is 59.1 Å². The Labute approximate surface area is 872 Å². The fourth-order valence-corrected chi connectivity index (χ4v) is 24.1. The zero-order valence-electron chi connectivity index (χ0n) is 84.5. The molecular formula is C136H107N11O2. The Morgan fingerprint density at radius 2 is 0.698 bits per heavy atom. The van der Waals surface area contributed by atoms with Crippen molar-refractivity contribution in [2.45, 2.75) is 154 Å². The minimum absolute atomic E-state index is 0.0824. The molecule has 718 valence electrons. The smallest absolute Gasteiger partial charge is 0.262 e. The fraction of sp³-hybridized carbons (Fsp3) is 0.191. The lowest BCUT2D eigenvalue weighted by molar-refractivity contribution is 0.309. The Bertz CT molecular complexity index is 8740. The first kappa shape index (κ1) is 95.5. The number of allylic oxidation sites excluding steroid dienone is 5. The second-order valence-corrected chi connectivity index (χ2v) is 40.9. The van der Waals surface area contributed by atoms with Gasteiger partial charge in [-0.15, -0.1) is 0 Å². The van der Waals surface area contributed by atoms with Crippen LogP contribution >= 0.6 is 0 Å². The highest BCUT2D eigenvalue weighted by atomic mass is 16.5. The first-order valence-corrected chi connectivity index (χ1v) is 52.1. The molecule has 0 amide bonds. The third-order valence-electron chi connectivity index (χ3n) is 31.7. The molecule has 3 heterocycles. The molecule has 0 radical (unpaired) electrons. The number of nitrogens with zero attached hydrogens (tertiary/aromatic N) is 11. The van der Waals surface area contributed by atoms with E-state index in [1.165, 1.54) is 186 Å². The van der Waals surface area contributed by atoms with E-state index >= 15 is 0 Å². The molecule has 149 heavy (non-hydrogen) atoms. The van der Waals surface area contributed by atoms with Crippen LogP contribution in [0.1, 0.15) is 193 Å². The number of benzene rings is 17. The van der Waals surface area contributed by atoms with Gasteiger partial charge in [0, 0.05) is 60.7 Å².